The molecule has 0 aliphatic rings. The van der Waals surface area contributed by atoms with E-state index < -0.39 is 0 Å². The molecule has 0 radical (unpaired) electrons. The van der Waals surface area contributed by atoms with E-state index >= 15 is 0 Å². The molecule has 0 N–H and O–H groups in total. The van der Waals surface area contributed by atoms with Crippen LogP contribution in [0.4, 0.5) is 17.1 Å². The van der Waals surface area contributed by atoms with Crippen molar-refractivity contribution < 1.29 is 8.83 Å². The molecule has 0 saturated carbocycles. The van der Waals surface area contributed by atoms with Crippen LogP contribution in [0.25, 0.3) is 76.3 Å². The summed E-state index contributed by atoms with van der Waals surface area (Å²) in [6, 6.07) is 42.4. The molecule has 0 atom stereocenters. The second-order valence-corrected chi connectivity index (χ2v) is 11.4. The van der Waals surface area contributed by atoms with E-state index in [1.807, 2.05) is 36.7 Å². The lowest BCUT2D eigenvalue weighted by Crippen LogP contribution is -2.10. The number of anilines is 3. The molecular weight excluding hydrogens is 554 g/mol. The zero-order valence-electron chi connectivity index (χ0n) is 23.9. The van der Waals surface area contributed by atoms with Crippen LogP contribution in [0, 0.1) is 0 Å². The van der Waals surface area contributed by atoms with E-state index in [4.69, 9.17) is 13.8 Å². The van der Waals surface area contributed by atoms with E-state index in [1.54, 1.807) is 6.20 Å². The van der Waals surface area contributed by atoms with E-state index in [9.17, 15) is 0 Å². The predicted molar refractivity (Wildman–Crippen MR) is 184 cm³/mol. The molecule has 210 valence electrons. The van der Waals surface area contributed by atoms with Gasteiger partial charge in [0.15, 0.2) is 5.58 Å². The van der Waals surface area contributed by atoms with Gasteiger partial charge in [-0.15, -0.1) is 0 Å². The van der Waals surface area contributed by atoms with Crippen LogP contribution >= 0.6 is 0 Å². The number of fused-ring (bicyclic) bond motifs is 12. The molecular formula is C40H23N3O2. The smallest absolute Gasteiger partial charge is 0.155 e. The van der Waals surface area contributed by atoms with E-state index in [-0.39, 0.29) is 0 Å². The van der Waals surface area contributed by atoms with Gasteiger partial charge < -0.3 is 13.7 Å². The summed E-state index contributed by atoms with van der Waals surface area (Å²) in [7, 11) is 0. The topological polar surface area (TPSA) is 55.3 Å². The summed E-state index contributed by atoms with van der Waals surface area (Å²) in [4.78, 5) is 11.5. The largest absolute Gasteiger partial charge is 0.456 e. The van der Waals surface area contributed by atoms with Crippen LogP contribution in [0.5, 0.6) is 0 Å². The SMILES string of the molecule is c1ccc2c(c1)oc1cc(N(c3ccc4c(c3)oc3ccncc34)c3ccc4c5ccccc5c5ccccc5c4c3)cnc12. The lowest BCUT2D eigenvalue weighted by Gasteiger charge is -2.25. The highest BCUT2D eigenvalue weighted by Crippen LogP contribution is 2.43. The fourth-order valence-corrected chi connectivity index (χ4v) is 6.94. The molecule has 10 aromatic rings. The van der Waals surface area contributed by atoms with Crippen molar-refractivity contribution in [3.63, 3.8) is 0 Å². The van der Waals surface area contributed by atoms with Crippen LogP contribution in [0.3, 0.4) is 0 Å². The highest BCUT2D eigenvalue weighted by atomic mass is 16.3. The number of para-hydroxylation sites is 1. The second kappa shape index (κ2) is 9.15. The van der Waals surface area contributed by atoms with Gasteiger partial charge in [0, 0.05) is 52.1 Å². The van der Waals surface area contributed by atoms with Gasteiger partial charge in [0.05, 0.1) is 11.9 Å². The van der Waals surface area contributed by atoms with Crippen molar-refractivity contribution in [2.45, 2.75) is 0 Å². The number of furan rings is 2. The fourth-order valence-electron chi connectivity index (χ4n) is 6.94. The molecule has 45 heavy (non-hydrogen) atoms. The molecule has 0 unspecified atom stereocenters. The van der Waals surface area contributed by atoms with Crippen LogP contribution in [0.2, 0.25) is 0 Å². The van der Waals surface area contributed by atoms with Gasteiger partial charge in [0.1, 0.15) is 22.3 Å². The number of hydrogen-bond acceptors (Lipinski definition) is 5. The lowest BCUT2D eigenvalue weighted by molar-refractivity contribution is 0.668. The van der Waals surface area contributed by atoms with Gasteiger partial charge in [-0.25, -0.2) is 4.98 Å². The second-order valence-electron chi connectivity index (χ2n) is 11.4. The summed E-state index contributed by atoms with van der Waals surface area (Å²) in [5, 5.41) is 10.4. The summed E-state index contributed by atoms with van der Waals surface area (Å²) in [5.74, 6) is 0. The normalized spacial score (nSPS) is 12.0. The molecule has 0 aliphatic heterocycles. The Labute approximate surface area is 256 Å². The number of rotatable bonds is 3. The molecule has 10 rings (SSSR count). The predicted octanol–water partition coefficient (Wildman–Crippen LogP) is 11.2. The molecule has 0 saturated heterocycles. The summed E-state index contributed by atoms with van der Waals surface area (Å²) in [6.45, 7) is 0. The average molecular weight is 578 g/mol. The van der Waals surface area contributed by atoms with Gasteiger partial charge in [0.2, 0.25) is 0 Å². The monoisotopic (exact) mass is 577 g/mol. The maximum Gasteiger partial charge on any atom is 0.155 e. The molecule has 0 fully saturated rings. The van der Waals surface area contributed by atoms with Crippen molar-refractivity contribution in [1.29, 1.82) is 0 Å². The first kappa shape index (κ1) is 24.3. The van der Waals surface area contributed by atoms with E-state index in [0.717, 1.165) is 61.1 Å². The van der Waals surface area contributed by atoms with Crippen molar-refractivity contribution in [3.05, 3.63) is 140 Å². The van der Waals surface area contributed by atoms with Gasteiger partial charge in [-0.3, -0.25) is 4.98 Å². The number of aromatic nitrogens is 2. The number of benzene rings is 6. The first-order chi connectivity index (χ1) is 22.3. The first-order valence-electron chi connectivity index (χ1n) is 15.0. The molecule has 5 nitrogen and oxygen atoms in total. The average Bonchev–Trinajstić information content (AvgIpc) is 3.66. The highest BCUT2D eigenvalue weighted by molar-refractivity contribution is 6.25. The van der Waals surface area contributed by atoms with Gasteiger partial charge >= 0.3 is 0 Å². The Morgan fingerprint density at radius 3 is 1.76 bits per heavy atom. The quantitative estimate of drug-likeness (QED) is 0.196. The third-order valence-electron chi connectivity index (χ3n) is 8.96. The molecule has 5 heteroatoms. The minimum atomic E-state index is 0.742. The lowest BCUT2D eigenvalue weighted by atomic mass is 9.94. The minimum Gasteiger partial charge on any atom is -0.456 e. The fraction of sp³-hybridized carbons (Fsp3) is 0. The molecule has 0 spiro atoms. The Hall–Kier alpha value is -6.20. The summed E-state index contributed by atoms with van der Waals surface area (Å²) in [5.41, 5.74) is 6.90. The van der Waals surface area contributed by atoms with Gasteiger partial charge in [-0.1, -0.05) is 66.7 Å². The highest BCUT2D eigenvalue weighted by Gasteiger charge is 2.19. The van der Waals surface area contributed by atoms with Crippen molar-refractivity contribution in [2.75, 3.05) is 4.90 Å². The standard InChI is InChI=1S/C40H23N3O2/c1-2-9-29-27(7-1)28-8-3-4-10-30(28)34-19-24(13-15-31(29)34)43(25-14-16-32-35-23-41-18-17-37(35)44-38(32)20-25)26-21-39-40(42-22-26)33-11-5-6-12-36(33)45-39/h1-23H. The van der Waals surface area contributed by atoms with Gasteiger partial charge in [0.25, 0.3) is 0 Å². The van der Waals surface area contributed by atoms with E-state index in [0.29, 0.717) is 0 Å². The molecule has 0 aliphatic carbocycles. The van der Waals surface area contributed by atoms with Crippen molar-refractivity contribution in [2.24, 2.45) is 0 Å². The Bertz CT molecular complexity index is 2640. The maximum atomic E-state index is 6.30. The Morgan fingerprint density at radius 1 is 0.400 bits per heavy atom. The molecule has 6 aromatic carbocycles. The summed E-state index contributed by atoms with van der Waals surface area (Å²) >= 11 is 0. The number of nitrogens with zero attached hydrogens (tertiary/aromatic N) is 3. The van der Waals surface area contributed by atoms with E-state index in [1.165, 1.54) is 32.3 Å². The van der Waals surface area contributed by atoms with Gasteiger partial charge in [-0.2, -0.15) is 0 Å². The van der Waals surface area contributed by atoms with Crippen LogP contribution in [0.1, 0.15) is 0 Å². The van der Waals surface area contributed by atoms with E-state index in [2.05, 4.69) is 107 Å². The van der Waals surface area contributed by atoms with Gasteiger partial charge in [-0.05, 0) is 74.8 Å². The summed E-state index contributed by atoms with van der Waals surface area (Å²) < 4.78 is 12.6. The maximum absolute atomic E-state index is 6.30. The zero-order chi connectivity index (χ0) is 29.5. The molecule has 4 heterocycles. The molecule has 0 amide bonds. The third-order valence-corrected chi connectivity index (χ3v) is 8.96. The summed E-state index contributed by atoms with van der Waals surface area (Å²) in [6.07, 6.45) is 5.55. The Morgan fingerprint density at radius 2 is 0.978 bits per heavy atom. The van der Waals surface area contributed by atoms with Crippen molar-refractivity contribution >= 4 is 93.4 Å². The number of pyridine rings is 2. The first-order valence-corrected chi connectivity index (χ1v) is 15.0. The van der Waals surface area contributed by atoms with Crippen molar-refractivity contribution in [3.8, 4) is 0 Å². The Balaban J connectivity index is 1.25. The van der Waals surface area contributed by atoms with Crippen LogP contribution < -0.4 is 4.90 Å². The number of hydrogen-bond donors (Lipinski definition) is 0. The van der Waals surface area contributed by atoms with Crippen LogP contribution in [0.15, 0.2) is 149 Å². The van der Waals surface area contributed by atoms with Crippen LogP contribution in [-0.4, -0.2) is 9.97 Å². The zero-order valence-corrected chi connectivity index (χ0v) is 23.9. The third kappa shape index (κ3) is 3.55. The van der Waals surface area contributed by atoms with Crippen LogP contribution in [-0.2, 0) is 0 Å². The minimum absolute atomic E-state index is 0.742. The molecule has 0 bridgehead atoms. The molecule has 4 aromatic heterocycles. The van der Waals surface area contributed by atoms with Crippen molar-refractivity contribution in [1.82, 2.24) is 9.97 Å². The Kier molecular flexibility index (Phi) is 4.93.